The van der Waals surface area contributed by atoms with Crippen LogP contribution in [0.15, 0.2) is 5.38 Å². The Labute approximate surface area is 112 Å². The van der Waals surface area contributed by atoms with Crippen LogP contribution in [0.25, 0.3) is 0 Å². The van der Waals surface area contributed by atoms with Crippen LogP contribution >= 0.6 is 11.3 Å². The number of ether oxygens (including phenoxy) is 2. The van der Waals surface area contributed by atoms with E-state index < -0.39 is 0 Å². The molecule has 100 valence electrons. The molecule has 1 atom stereocenters. The molecule has 3 rings (SSSR count). The third-order valence-corrected chi connectivity index (χ3v) is 4.60. The summed E-state index contributed by atoms with van der Waals surface area (Å²) in [6.45, 7) is 6.50. The molecule has 2 aliphatic rings. The number of aromatic nitrogens is 1. The van der Waals surface area contributed by atoms with Crippen molar-refractivity contribution in [1.29, 1.82) is 0 Å². The molecule has 0 spiro atoms. The zero-order valence-corrected chi connectivity index (χ0v) is 11.6. The predicted octanol–water partition coefficient (Wildman–Crippen LogP) is 2.00. The van der Waals surface area contributed by atoms with Crippen molar-refractivity contribution in [2.45, 2.75) is 31.8 Å². The fourth-order valence-corrected chi connectivity index (χ4v) is 3.52. The quantitative estimate of drug-likeness (QED) is 0.822. The Kier molecular flexibility index (Phi) is 3.94. The first kappa shape index (κ1) is 12.5. The van der Waals surface area contributed by atoms with Gasteiger partial charge in [0.2, 0.25) is 0 Å². The first-order chi connectivity index (χ1) is 8.84. The van der Waals surface area contributed by atoms with Crippen molar-refractivity contribution in [1.82, 2.24) is 9.88 Å². The molecule has 2 saturated heterocycles. The van der Waals surface area contributed by atoms with E-state index in [-0.39, 0.29) is 0 Å². The lowest BCUT2D eigenvalue weighted by atomic mass is 10.0. The lowest BCUT2D eigenvalue weighted by molar-refractivity contribution is -0.0577. The van der Waals surface area contributed by atoms with Gasteiger partial charge in [-0.2, -0.15) is 0 Å². The molecule has 0 bridgehead atoms. The number of hydrogen-bond acceptors (Lipinski definition) is 5. The fraction of sp³-hybridized carbons (Fsp3) is 0.769. The van der Waals surface area contributed by atoms with E-state index in [2.05, 4.69) is 22.2 Å². The summed E-state index contributed by atoms with van der Waals surface area (Å²) < 4.78 is 11.1. The Morgan fingerprint density at radius 1 is 1.28 bits per heavy atom. The van der Waals surface area contributed by atoms with Gasteiger partial charge in [0.25, 0.3) is 0 Å². The Hall–Kier alpha value is -0.490. The molecule has 0 aliphatic carbocycles. The standard InChI is InChI=1S/C13H20N2O2S/c1-10-14-12(9-18-10)13-8-17-7-4-15(13)11-2-5-16-6-3-11/h9,11,13H,2-8H2,1H3/t13-/m0/s1. The van der Waals surface area contributed by atoms with Gasteiger partial charge in [0, 0.05) is 31.2 Å². The lowest BCUT2D eigenvalue weighted by Gasteiger charge is -2.41. The van der Waals surface area contributed by atoms with Crippen LogP contribution in [0, 0.1) is 6.92 Å². The van der Waals surface area contributed by atoms with Crippen molar-refractivity contribution >= 4 is 11.3 Å². The van der Waals surface area contributed by atoms with Crippen LogP contribution < -0.4 is 0 Å². The number of thiazole rings is 1. The monoisotopic (exact) mass is 268 g/mol. The lowest BCUT2D eigenvalue weighted by Crippen LogP contribution is -2.47. The predicted molar refractivity (Wildman–Crippen MR) is 71.0 cm³/mol. The van der Waals surface area contributed by atoms with Crippen LogP contribution in [-0.2, 0) is 9.47 Å². The Morgan fingerprint density at radius 3 is 2.83 bits per heavy atom. The molecule has 2 aliphatic heterocycles. The van der Waals surface area contributed by atoms with Crippen molar-refractivity contribution in [3.05, 3.63) is 16.1 Å². The first-order valence-electron chi connectivity index (χ1n) is 6.68. The van der Waals surface area contributed by atoms with Gasteiger partial charge in [0.05, 0.1) is 30.0 Å². The third kappa shape index (κ3) is 2.59. The van der Waals surface area contributed by atoms with Gasteiger partial charge in [0.15, 0.2) is 0 Å². The van der Waals surface area contributed by atoms with E-state index in [9.17, 15) is 0 Å². The van der Waals surface area contributed by atoms with Crippen LogP contribution in [0.5, 0.6) is 0 Å². The van der Waals surface area contributed by atoms with Gasteiger partial charge in [-0.1, -0.05) is 0 Å². The summed E-state index contributed by atoms with van der Waals surface area (Å²) in [5.41, 5.74) is 1.18. The number of nitrogens with zero attached hydrogens (tertiary/aromatic N) is 2. The van der Waals surface area contributed by atoms with E-state index >= 15 is 0 Å². The maximum Gasteiger partial charge on any atom is 0.0898 e. The van der Waals surface area contributed by atoms with Crippen molar-refractivity contribution in [3.8, 4) is 0 Å². The highest BCUT2D eigenvalue weighted by atomic mass is 32.1. The van der Waals surface area contributed by atoms with Crippen molar-refractivity contribution in [3.63, 3.8) is 0 Å². The van der Waals surface area contributed by atoms with Gasteiger partial charge in [-0.05, 0) is 19.8 Å². The molecular weight excluding hydrogens is 248 g/mol. The second-order valence-electron chi connectivity index (χ2n) is 4.96. The largest absolute Gasteiger partial charge is 0.381 e. The van der Waals surface area contributed by atoms with E-state index in [0.717, 1.165) is 50.8 Å². The van der Waals surface area contributed by atoms with Gasteiger partial charge in [-0.25, -0.2) is 4.98 Å². The summed E-state index contributed by atoms with van der Waals surface area (Å²) >= 11 is 1.73. The molecule has 0 amide bonds. The zero-order valence-electron chi connectivity index (χ0n) is 10.8. The number of hydrogen-bond donors (Lipinski definition) is 0. The molecule has 18 heavy (non-hydrogen) atoms. The summed E-state index contributed by atoms with van der Waals surface area (Å²) in [7, 11) is 0. The van der Waals surface area contributed by atoms with E-state index in [0.29, 0.717) is 12.1 Å². The minimum Gasteiger partial charge on any atom is -0.381 e. The highest BCUT2D eigenvalue weighted by molar-refractivity contribution is 7.09. The molecule has 5 heteroatoms. The molecule has 0 radical (unpaired) electrons. The summed E-state index contributed by atoms with van der Waals surface area (Å²) in [6, 6.07) is 0.974. The maximum atomic E-state index is 5.66. The second-order valence-corrected chi connectivity index (χ2v) is 6.03. The Bertz CT molecular complexity index is 390. The highest BCUT2D eigenvalue weighted by Gasteiger charge is 2.32. The molecule has 0 aromatic carbocycles. The van der Waals surface area contributed by atoms with Gasteiger partial charge in [-0.3, -0.25) is 4.90 Å². The second kappa shape index (κ2) is 5.65. The van der Waals surface area contributed by atoms with Crippen molar-refractivity contribution in [2.24, 2.45) is 0 Å². The Balaban J connectivity index is 1.76. The van der Waals surface area contributed by atoms with Crippen LogP contribution in [0.4, 0.5) is 0 Å². The normalized spacial score (nSPS) is 27.5. The minimum absolute atomic E-state index is 0.340. The summed E-state index contributed by atoms with van der Waals surface area (Å²) in [5, 5.41) is 3.32. The topological polar surface area (TPSA) is 34.6 Å². The zero-order chi connectivity index (χ0) is 12.4. The van der Waals surface area contributed by atoms with Crippen LogP contribution in [0.2, 0.25) is 0 Å². The fourth-order valence-electron chi connectivity index (χ4n) is 2.86. The molecule has 1 aromatic heterocycles. The van der Waals surface area contributed by atoms with Crippen LogP contribution in [0.3, 0.4) is 0 Å². The highest BCUT2D eigenvalue weighted by Crippen LogP contribution is 2.30. The smallest absolute Gasteiger partial charge is 0.0898 e. The average Bonchev–Trinajstić information content (AvgIpc) is 2.86. The minimum atomic E-state index is 0.340. The molecule has 4 nitrogen and oxygen atoms in total. The summed E-state index contributed by atoms with van der Waals surface area (Å²) in [4.78, 5) is 7.23. The van der Waals surface area contributed by atoms with Gasteiger partial charge in [0.1, 0.15) is 0 Å². The van der Waals surface area contributed by atoms with Gasteiger partial charge >= 0.3 is 0 Å². The van der Waals surface area contributed by atoms with Crippen LogP contribution in [0.1, 0.15) is 29.6 Å². The Morgan fingerprint density at radius 2 is 2.11 bits per heavy atom. The molecule has 0 saturated carbocycles. The summed E-state index contributed by atoms with van der Waals surface area (Å²) in [5.74, 6) is 0. The number of rotatable bonds is 2. The van der Waals surface area contributed by atoms with Gasteiger partial charge < -0.3 is 9.47 Å². The van der Waals surface area contributed by atoms with Crippen molar-refractivity contribution in [2.75, 3.05) is 33.0 Å². The molecule has 0 N–H and O–H groups in total. The molecule has 3 heterocycles. The van der Waals surface area contributed by atoms with E-state index in [4.69, 9.17) is 9.47 Å². The number of morpholine rings is 1. The third-order valence-electron chi connectivity index (χ3n) is 3.81. The SMILES string of the molecule is Cc1nc([C@@H]2COCCN2C2CCOCC2)cs1. The molecule has 2 fully saturated rings. The van der Waals surface area contributed by atoms with Crippen LogP contribution in [-0.4, -0.2) is 48.9 Å². The average molecular weight is 268 g/mol. The first-order valence-corrected chi connectivity index (χ1v) is 7.56. The van der Waals surface area contributed by atoms with Gasteiger partial charge in [-0.15, -0.1) is 11.3 Å². The van der Waals surface area contributed by atoms with E-state index in [1.54, 1.807) is 11.3 Å². The number of aryl methyl sites for hydroxylation is 1. The molecule has 1 aromatic rings. The van der Waals surface area contributed by atoms with E-state index in [1.165, 1.54) is 5.69 Å². The summed E-state index contributed by atoms with van der Waals surface area (Å²) in [6.07, 6.45) is 2.28. The maximum absolute atomic E-state index is 5.66. The molecule has 0 unspecified atom stereocenters. The van der Waals surface area contributed by atoms with Crippen molar-refractivity contribution < 1.29 is 9.47 Å². The molecular formula is C13H20N2O2S. The van der Waals surface area contributed by atoms with E-state index in [1.807, 2.05) is 0 Å².